The maximum Gasteiger partial charge on any atom is 0.308 e. The molecule has 0 aliphatic heterocycles. The highest BCUT2D eigenvalue weighted by molar-refractivity contribution is 5.86. The first-order valence-electron chi connectivity index (χ1n) is 21.6. The van der Waals surface area contributed by atoms with Gasteiger partial charge in [0.25, 0.3) is 0 Å². The molecule has 1 aliphatic rings. The molecule has 1 aliphatic carbocycles. The Morgan fingerprint density at radius 2 is 0.544 bits per heavy atom. The van der Waals surface area contributed by atoms with Crippen molar-refractivity contribution in [2.24, 2.45) is 29.6 Å². The molecular formula is C51H52O17. The highest BCUT2D eigenvalue weighted by Gasteiger charge is 2.48. The molecule has 17 nitrogen and oxygen atoms in total. The Morgan fingerprint density at radius 3 is 0.765 bits per heavy atom. The molecule has 4 unspecified atom stereocenters. The standard InChI is InChI=1S/C51H52O17/c1-26-39(18-35-10-14-43(61-27(2)52)47(22-35)65-31(6)56)41(20-37-12-16-45(63-29(4)54)49(24-37)67-33(8)58)51(60)42(21-38-13-17-46(64-30(5)55)50(25-38)68-34(9)59)40(26)19-36-11-15-44(62-28(3)53)48(23-36)66-32(7)57/h10-17,22-26,39-42H,18-21H2,1-9H3. The molecule has 0 spiro atoms. The molecule has 4 atom stereocenters. The first-order valence-corrected chi connectivity index (χ1v) is 21.6. The summed E-state index contributed by atoms with van der Waals surface area (Å²) in [5, 5.41) is 0. The van der Waals surface area contributed by atoms with Gasteiger partial charge >= 0.3 is 47.8 Å². The molecule has 0 amide bonds. The molecule has 4 aromatic carbocycles. The molecule has 0 heterocycles. The van der Waals surface area contributed by atoms with E-state index in [2.05, 4.69) is 0 Å². The number of hydrogen-bond acceptors (Lipinski definition) is 17. The van der Waals surface area contributed by atoms with E-state index in [0.29, 0.717) is 22.3 Å². The largest absolute Gasteiger partial charge is 0.423 e. The average Bonchev–Trinajstić information content (AvgIpc) is 3.21. The maximum atomic E-state index is 15.6. The van der Waals surface area contributed by atoms with Gasteiger partial charge in [0.1, 0.15) is 5.78 Å². The van der Waals surface area contributed by atoms with E-state index >= 15 is 4.79 Å². The Labute approximate surface area is 392 Å². The van der Waals surface area contributed by atoms with E-state index in [1.807, 2.05) is 6.92 Å². The third-order valence-electron chi connectivity index (χ3n) is 11.0. The summed E-state index contributed by atoms with van der Waals surface area (Å²) >= 11 is 0. The fourth-order valence-electron chi connectivity index (χ4n) is 8.57. The monoisotopic (exact) mass is 936 g/mol. The summed E-state index contributed by atoms with van der Waals surface area (Å²) < 4.78 is 43.1. The Morgan fingerprint density at radius 1 is 0.338 bits per heavy atom. The van der Waals surface area contributed by atoms with Crippen LogP contribution in [0.2, 0.25) is 0 Å². The molecule has 0 aromatic heterocycles. The number of carbonyl (C=O) groups excluding carboxylic acids is 9. The molecule has 0 saturated heterocycles. The molecule has 17 heteroatoms. The fourth-order valence-corrected chi connectivity index (χ4v) is 8.57. The van der Waals surface area contributed by atoms with Gasteiger partial charge in [-0.05, 0) is 114 Å². The summed E-state index contributed by atoms with van der Waals surface area (Å²) in [6.07, 6.45) is 0.669. The normalized spacial score (nSPS) is 17.5. The first kappa shape index (κ1) is 51.3. The zero-order chi connectivity index (χ0) is 50.0. The highest BCUT2D eigenvalue weighted by atomic mass is 16.6. The molecule has 0 N–H and O–H groups in total. The second-order valence-electron chi connectivity index (χ2n) is 16.5. The summed E-state index contributed by atoms with van der Waals surface area (Å²) in [6.45, 7) is 11.6. The van der Waals surface area contributed by atoms with Crippen molar-refractivity contribution in [2.75, 3.05) is 0 Å². The molecule has 0 radical (unpaired) electrons. The Hall–Kier alpha value is -7.69. The molecule has 5 rings (SSSR count). The van der Waals surface area contributed by atoms with E-state index in [4.69, 9.17) is 37.9 Å². The number of rotatable bonds is 16. The van der Waals surface area contributed by atoms with E-state index in [1.54, 1.807) is 36.4 Å². The molecular weight excluding hydrogens is 885 g/mol. The number of hydrogen-bond donors (Lipinski definition) is 0. The quantitative estimate of drug-likeness (QED) is 0.0810. The topological polar surface area (TPSA) is 227 Å². The summed E-state index contributed by atoms with van der Waals surface area (Å²) in [5.74, 6) is -8.33. The van der Waals surface area contributed by atoms with Crippen LogP contribution in [-0.4, -0.2) is 53.5 Å². The van der Waals surface area contributed by atoms with Crippen LogP contribution in [0.5, 0.6) is 46.0 Å². The molecule has 358 valence electrons. The van der Waals surface area contributed by atoms with Crippen LogP contribution in [0.15, 0.2) is 72.8 Å². The van der Waals surface area contributed by atoms with Crippen LogP contribution in [0.1, 0.15) is 84.6 Å². The van der Waals surface area contributed by atoms with Crippen LogP contribution in [0.3, 0.4) is 0 Å². The van der Waals surface area contributed by atoms with Crippen molar-refractivity contribution in [1.29, 1.82) is 0 Å². The minimum Gasteiger partial charge on any atom is -0.423 e. The maximum absolute atomic E-state index is 15.6. The van der Waals surface area contributed by atoms with Gasteiger partial charge in [-0.1, -0.05) is 31.2 Å². The Kier molecular flexibility index (Phi) is 17.1. The summed E-state index contributed by atoms with van der Waals surface area (Å²) in [4.78, 5) is 112. The Bertz CT molecular complexity index is 2470. The summed E-state index contributed by atoms with van der Waals surface area (Å²) in [6, 6.07) is 18.9. The van der Waals surface area contributed by atoms with Crippen molar-refractivity contribution < 1.29 is 81.0 Å². The zero-order valence-electron chi connectivity index (χ0n) is 39.1. The second-order valence-corrected chi connectivity index (χ2v) is 16.5. The third-order valence-corrected chi connectivity index (χ3v) is 11.0. The predicted octanol–water partition coefficient (Wildman–Crippen LogP) is 7.04. The van der Waals surface area contributed by atoms with Crippen LogP contribution in [-0.2, 0) is 68.8 Å². The molecule has 1 saturated carbocycles. The lowest BCUT2D eigenvalue weighted by atomic mass is 9.57. The number of benzene rings is 4. The van der Waals surface area contributed by atoms with Gasteiger partial charge in [-0.2, -0.15) is 0 Å². The second kappa shape index (κ2) is 22.7. The minimum atomic E-state index is -0.766. The highest BCUT2D eigenvalue weighted by Crippen LogP contribution is 2.48. The van der Waals surface area contributed by atoms with Crippen LogP contribution in [0.25, 0.3) is 0 Å². The van der Waals surface area contributed by atoms with E-state index in [1.165, 1.54) is 91.8 Å². The smallest absolute Gasteiger partial charge is 0.308 e. The SMILES string of the molecule is CC(=O)Oc1ccc(CC2C(=O)C(Cc3ccc(OC(C)=O)c(OC(C)=O)c3)C(Cc3ccc(OC(C)=O)c(OC(C)=O)c3)C(C)C2Cc2ccc(OC(C)=O)c(OC(C)=O)c2)cc1OC(C)=O. The van der Waals surface area contributed by atoms with Gasteiger partial charge in [0.2, 0.25) is 0 Å². The number of esters is 8. The molecule has 0 bridgehead atoms. The van der Waals surface area contributed by atoms with Crippen molar-refractivity contribution in [2.45, 2.75) is 88.0 Å². The van der Waals surface area contributed by atoms with Crippen molar-refractivity contribution >= 4 is 53.5 Å². The lowest BCUT2D eigenvalue weighted by Gasteiger charge is -2.46. The van der Waals surface area contributed by atoms with Crippen LogP contribution in [0, 0.1) is 29.6 Å². The van der Waals surface area contributed by atoms with Crippen molar-refractivity contribution in [3.8, 4) is 46.0 Å². The van der Waals surface area contributed by atoms with E-state index < -0.39 is 71.4 Å². The Balaban J connectivity index is 1.70. The number of Topliss-reactive ketones (excluding diaryl/α,β-unsaturated/α-hetero) is 1. The van der Waals surface area contributed by atoms with Gasteiger partial charge in [-0.3, -0.25) is 43.2 Å². The van der Waals surface area contributed by atoms with Gasteiger partial charge in [-0.25, -0.2) is 0 Å². The zero-order valence-corrected chi connectivity index (χ0v) is 39.1. The lowest BCUT2D eigenvalue weighted by molar-refractivity contribution is -0.138. The van der Waals surface area contributed by atoms with E-state index in [9.17, 15) is 38.4 Å². The van der Waals surface area contributed by atoms with Gasteiger partial charge in [0, 0.05) is 67.2 Å². The number of carbonyl (C=O) groups is 9. The van der Waals surface area contributed by atoms with Crippen LogP contribution < -0.4 is 37.9 Å². The minimum absolute atomic E-state index is 0.00576. The van der Waals surface area contributed by atoms with Crippen molar-refractivity contribution in [3.05, 3.63) is 95.1 Å². The van der Waals surface area contributed by atoms with E-state index in [0.717, 1.165) is 0 Å². The summed E-state index contributed by atoms with van der Waals surface area (Å²) in [7, 11) is 0. The average molecular weight is 937 g/mol. The first-order chi connectivity index (χ1) is 32.1. The molecule has 4 aromatic rings. The van der Waals surface area contributed by atoms with Gasteiger partial charge in [0.05, 0.1) is 0 Å². The molecule has 68 heavy (non-hydrogen) atoms. The fraction of sp³-hybridized carbons (Fsp3) is 0.353. The van der Waals surface area contributed by atoms with Gasteiger partial charge in [0.15, 0.2) is 46.0 Å². The number of ether oxygens (including phenoxy) is 8. The van der Waals surface area contributed by atoms with Gasteiger partial charge < -0.3 is 37.9 Å². The van der Waals surface area contributed by atoms with Crippen LogP contribution >= 0.6 is 0 Å². The van der Waals surface area contributed by atoms with E-state index in [-0.39, 0.29) is 83.4 Å². The third kappa shape index (κ3) is 14.2. The lowest BCUT2D eigenvalue weighted by Crippen LogP contribution is -2.49. The predicted molar refractivity (Wildman–Crippen MR) is 239 cm³/mol. The molecule has 1 fully saturated rings. The number of ketones is 1. The van der Waals surface area contributed by atoms with Crippen LogP contribution in [0.4, 0.5) is 0 Å². The van der Waals surface area contributed by atoms with Gasteiger partial charge in [-0.15, -0.1) is 0 Å². The summed E-state index contributed by atoms with van der Waals surface area (Å²) in [5.41, 5.74) is 2.38. The van der Waals surface area contributed by atoms with Crippen molar-refractivity contribution in [1.82, 2.24) is 0 Å². The van der Waals surface area contributed by atoms with Crippen molar-refractivity contribution in [3.63, 3.8) is 0 Å².